The maximum absolute atomic E-state index is 13.3. The molecule has 0 saturated carbocycles. The van der Waals surface area contributed by atoms with E-state index in [1.165, 1.54) is 30.5 Å². The molecule has 0 bridgehead atoms. The number of hydrogen-bond donors (Lipinski definition) is 3. The molecule has 3 aliphatic heterocycles. The molecule has 12 nitrogen and oxygen atoms in total. The number of halogens is 3. The van der Waals surface area contributed by atoms with Crippen LogP contribution in [0.5, 0.6) is 34.8 Å². The summed E-state index contributed by atoms with van der Waals surface area (Å²) in [6.07, 6.45) is -3.36. The lowest BCUT2D eigenvalue weighted by molar-refractivity contribution is -0.153. The van der Waals surface area contributed by atoms with Crippen molar-refractivity contribution in [3.05, 3.63) is 77.5 Å². The molecule has 3 aromatic heterocycles. The van der Waals surface area contributed by atoms with E-state index >= 15 is 0 Å². The van der Waals surface area contributed by atoms with E-state index in [9.17, 15) is 28.2 Å². The molecule has 3 aliphatic rings. The van der Waals surface area contributed by atoms with E-state index in [0.29, 0.717) is 11.6 Å². The predicted octanol–water partition coefficient (Wildman–Crippen LogP) is 3.43. The lowest BCUT2D eigenvalue weighted by Gasteiger charge is -2.23. The number of carbonyl (C=O) groups excluding carboxylic acids is 1. The Kier molecular flexibility index (Phi) is 6.03. The number of benzene rings is 1. The van der Waals surface area contributed by atoms with Gasteiger partial charge in [-0.15, -0.1) is 0 Å². The summed E-state index contributed by atoms with van der Waals surface area (Å²) >= 11 is 0. The van der Waals surface area contributed by atoms with Gasteiger partial charge in [0, 0.05) is 17.7 Å². The quantitative estimate of drug-likeness (QED) is 0.330. The van der Waals surface area contributed by atoms with Gasteiger partial charge in [0.1, 0.15) is 23.0 Å². The van der Waals surface area contributed by atoms with Gasteiger partial charge < -0.3 is 43.6 Å². The van der Waals surface area contributed by atoms with Gasteiger partial charge in [-0.3, -0.25) is 4.79 Å². The van der Waals surface area contributed by atoms with Gasteiger partial charge in [0.05, 0.1) is 18.4 Å². The summed E-state index contributed by atoms with van der Waals surface area (Å²) in [5, 5.41) is 30.8. The van der Waals surface area contributed by atoms with Gasteiger partial charge in [-0.05, 0) is 18.2 Å². The Balaban J connectivity index is 0.000000253. The second-order valence-corrected chi connectivity index (χ2v) is 8.85. The highest BCUT2D eigenvalue weighted by Gasteiger charge is 2.54. The monoisotopic (exact) mass is 573 g/mol. The molecule has 1 atom stereocenters. The van der Waals surface area contributed by atoms with E-state index < -0.39 is 29.2 Å². The predicted molar refractivity (Wildman–Crippen MR) is 128 cm³/mol. The third kappa shape index (κ3) is 4.45. The first-order valence-electron chi connectivity index (χ1n) is 11.8. The molecule has 4 aromatic rings. The maximum Gasteiger partial charge on any atom is 0.449 e. The number of anilines is 1. The topological polar surface area (TPSA) is 157 Å². The Labute approximate surface area is 227 Å². The van der Waals surface area contributed by atoms with E-state index in [1.54, 1.807) is 12.1 Å². The Morgan fingerprint density at radius 3 is 2.39 bits per heavy atom. The molecule has 0 radical (unpaired) electrons. The first kappa shape index (κ1) is 26.1. The summed E-state index contributed by atoms with van der Waals surface area (Å²) in [5.74, 6) is -1.59. The van der Waals surface area contributed by atoms with Crippen LogP contribution in [0.25, 0.3) is 0 Å². The largest absolute Gasteiger partial charge is 0.506 e. The smallest absolute Gasteiger partial charge is 0.449 e. The number of aromatic hydroxyl groups is 2. The number of alkyl halides is 3. The minimum absolute atomic E-state index is 0.00851. The van der Waals surface area contributed by atoms with Crippen LogP contribution in [-0.2, 0) is 23.1 Å². The second-order valence-electron chi connectivity index (χ2n) is 8.85. The third-order valence-corrected chi connectivity index (χ3v) is 6.30. The van der Waals surface area contributed by atoms with Crippen LogP contribution in [0, 0.1) is 0 Å². The molecule has 0 spiro atoms. The number of rotatable bonds is 3. The van der Waals surface area contributed by atoms with Gasteiger partial charge in [0.15, 0.2) is 11.5 Å². The van der Waals surface area contributed by atoms with Gasteiger partial charge in [0.2, 0.25) is 24.9 Å². The van der Waals surface area contributed by atoms with Gasteiger partial charge in [-0.1, -0.05) is 18.2 Å². The average Bonchev–Trinajstić information content (AvgIpc) is 3.73. The average molecular weight is 573 g/mol. The Morgan fingerprint density at radius 2 is 1.66 bits per heavy atom. The second kappa shape index (κ2) is 9.48. The van der Waals surface area contributed by atoms with Crippen molar-refractivity contribution < 1.29 is 56.6 Å². The minimum atomic E-state index is -4.67. The molecular formula is C26H18F3N3O9. The van der Waals surface area contributed by atoms with Gasteiger partial charge in [0.25, 0.3) is 17.7 Å². The number of nitrogens with zero attached hydrogens (tertiary/aromatic N) is 3. The number of carbonyl (C=O) groups is 1. The van der Waals surface area contributed by atoms with Gasteiger partial charge in [-0.2, -0.15) is 13.2 Å². The van der Waals surface area contributed by atoms with E-state index in [1.807, 2.05) is 0 Å². The number of hydrogen-bond acceptors (Lipinski definition) is 11. The van der Waals surface area contributed by atoms with Crippen LogP contribution in [0.15, 0.2) is 59.1 Å². The molecule has 3 N–H and O–H groups in total. The summed E-state index contributed by atoms with van der Waals surface area (Å²) in [5.41, 5.74) is -2.45. The number of aromatic nitrogens is 2. The number of amides is 1. The highest BCUT2D eigenvalue weighted by Crippen LogP contribution is 2.49. The molecule has 0 aliphatic carbocycles. The Morgan fingerprint density at radius 1 is 0.951 bits per heavy atom. The Hall–Kier alpha value is -5.18. The fraction of sp³-hybridized carbons (Fsp3) is 0.192. The van der Waals surface area contributed by atoms with Crippen molar-refractivity contribution in [1.82, 2.24) is 9.97 Å². The van der Waals surface area contributed by atoms with E-state index in [-0.39, 0.29) is 60.2 Å². The van der Waals surface area contributed by atoms with Crippen LogP contribution in [0.4, 0.5) is 18.9 Å². The van der Waals surface area contributed by atoms with Crippen LogP contribution >= 0.6 is 0 Å². The summed E-state index contributed by atoms with van der Waals surface area (Å²) in [6, 6.07) is 10.6. The zero-order chi connectivity index (χ0) is 28.9. The molecule has 41 heavy (non-hydrogen) atoms. The molecule has 212 valence electrons. The Bertz CT molecular complexity index is 1660. The van der Waals surface area contributed by atoms with Crippen molar-refractivity contribution in [3.8, 4) is 34.8 Å². The number of fused-ring (bicyclic) bond motifs is 3. The van der Waals surface area contributed by atoms with Crippen LogP contribution in [-0.4, -0.2) is 44.8 Å². The van der Waals surface area contributed by atoms with Crippen LogP contribution in [0.1, 0.15) is 22.8 Å². The van der Waals surface area contributed by atoms with Crippen LogP contribution in [0.3, 0.4) is 0 Å². The molecule has 1 aromatic carbocycles. The minimum Gasteiger partial charge on any atom is -0.506 e. The van der Waals surface area contributed by atoms with E-state index in [2.05, 4.69) is 9.97 Å². The molecule has 15 heteroatoms. The fourth-order valence-corrected chi connectivity index (χ4v) is 4.46. The van der Waals surface area contributed by atoms with Crippen molar-refractivity contribution in [2.45, 2.75) is 18.3 Å². The summed E-state index contributed by atoms with van der Waals surface area (Å²) < 4.78 is 63.5. The number of pyridine rings is 2. The number of aliphatic hydroxyl groups is 1. The van der Waals surface area contributed by atoms with Crippen molar-refractivity contribution >= 4 is 11.6 Å². The third-order valence-electron chi connectivity index (χ3n) is 6.30. The molecule has 7 rings (SSSR count). The zero-order valence-electron chi connectivity index (χ0n) is 20.6. The summed E-state index contributed by atoms with van der Waals surface area (Å²) in [4.78, 5) is 22.2. The standard InChI is InChI=1S/C20H13F3N2O6.C6H5NO3/c21-20(22,23)15-6-5-10(31-15)8-25-12-4-2-1-3-11(12)19(28,18(25)27)16-13(26)7-14-17(24-16)30-9-29-14;8-4-1-5-6(7-2-4)10-3-9-5/h1-7,26,28H,8-9H2;1-2,8H,3H2. The summed E-state index contributed by atoms with van der Waals surface area (Å²) in [6.45, 7) is -0.328. The first-order chi connectivity index (χ1) is 19.6. The van der Waals surface area contributed by atoms with E-state index in [0.717, 1.165) is 17.0 Å². The maximum atomic E-state index is 13.3. The summed E-state index contributed by atoms with van der Waals surface area (Å²) in [7, 11) is 0. The lowest BCUT2D eigenvalue weighted by Crippen LogP contribution is -2.41. The normalized spacial score (nSPS) is 18.2. The number of furan rings is 1. The highest BCUT2D eigenvalue weighted by atomic mass is 19.4. The van der Waals surface area contributed by atoms with E-state index in [4.69, 9.17) is 28.5 Å². The fourth-order valence-electron chi connectivity index (χ4n) is 4.46. The number of para-hydroxylation sites is 1. The zero-order valence-corrected chi connectivity index (χ0v) is 20.6. The molecule has 1 amide bonds. The van der Waals surface area contributed by atoms with Crippen molar-refractivity contribution in [1.29, 1.82) is 0 Å². The highest BCUT2D eigenvalue weighted by molar-refractivity contribution is 6.09. The molecule has 6 heterocycles. The van der Waals surface area contributed by atoms with Crippen LogP contribution in [0.2, 0.25) is 0 Å². The molecular weight excluding hydrogens is 555 g/mol. The van der Waals surface area contributed by atoms with Gasteiger partial charge in [-0.25, -0.2) is 9.97 Å². The van der Waals surface area contributed by atoms with Gasteiger partial charge >= 0.3 is 6.18 Å². The van der Waals surface area contributed by atoms with Crippen molar-refractivity contribution in [3.63, 3.8) is 0 Å². The lowest BCUT2D eigenvalue weighted by atomic mass is 9.90. The first-order valence-corrected chi connectivity index (χ1v) is 11.8. The molecule has 0 saturated heterocycles. The molecule has 0 fully saturated rings. The van der Waals surface area contributed by atoms with Crippen molar-refractivity contribution in [2.24, 2.45) is 0 Å². The van der Waals surface area contributed by atoms with Crippen molar-refractivity contribution in [2.75, 3.05) is 18.5 Å². The SMILES string of the molecule is O=C1N(Cc2ccc(C(F)(F)F)o2)c2ccccc2C1(O)c1nc2c(cc1O)OCO2.Oc1cnc2c(c1)OCO2. The molecule has 1 unspecified atom stereocenters. The number of ether oxygens (including phenoxy) is 4. The van der Waals surface area contributed by atoms with Crippen LogP contribution < -0.4 is 23.8 Å².